The zero-order valence-electron chi connectivity index (χ0n) is 19.6. The van der Waals surface area contributed by atoms with Gasteiger partial charge in [0.25, 0.3) is 0 Å². The average Bonchev–Trinajstić information content (AvgIpc) is 3.05. The Bertz CT molecular complexity index is 986. The summed E-state index contributed by atoms with van der Waals surface area (Å²) in [6.45, 7) is 2.53. The molecule has 0 spiro atoms. The van der Waals surface area contributed by atoms with Crippen molar-refractivity contribution < 1.29 is 19.0 Å². The zero-order chi connectivity index (χ0) is 22.9. The van der Waals surface area contributed by atoms with Crippen LogP contribution in [0.15, 0.2) is 30.3 Å². The number of carbonyl (C=O) groups is 1. The molecule has 2 heterocycles. The number of aliphatic carboxylic acids is 1. The van der Waals surface area contributed by atoms with Crippen LogP contribution in [0.5, 0.6) is 5.75 Å². The SMILES string of the molecule is CC[C@H]1CC[C@@H](Oc2ccc3ccc(CN4C5CCC4CC(C(=O)O)C5)cc3c2CF)CC1. The van der Waals surface area contributed by atoms with E-state index in [2.05, 4.69) is 30.0 Å². The van der Waals surface area contributed by atoms with Gasteiger partial charge in [0.2, 0.25) is 0 Å². The standard InChI is InChI=1S/C28H36FNO3/c1-2-18-4-10-24(11-5-18)33-27-12-7-20-6-3-19(13-25(20)26(27)16-29)17-30-22-8-9-23(30)15-21(14-22)28(31)32/h3,6-7,12-13,18,21-24H,2,4-5,8-11,14-17H2,1H3,(H,31,32)/t18-,21?,22?,23?,24+. The molecule has 2 atom stereocenters. The molecule has 0 amide bonds. The van der Waals surface area contributed by atoms with Gasteiger partial charge in [0.15, 0.2) is 0 Å². The van der Waals surface area contributed by atoms with E-state index < -0.39 is 12.6 Å². The second-order valence-electron chi connectivity index (χ2n) is 10.5. The molecular weight excluding hydrogens is 417 g/mol. The third-order valence-electron chi connectivity index (χ3n) is 8.55. The van der Waals surface area contributed by atoms with Crippen molar-refractivity contribution in [1.29, 1.82) is 0 Å². The predicted molar refractivity (Wildman–Crippen MR) is 128 cm³/mol. The second-order valence-corrected chi connectivity index (χ2v) is 10.5. The molecule has 1 aliphatic carbocycles. The molecule has 5 rings (SSSR count). The number of halogens is 1. The van der Waals surface area contributed by atoms with E-state index in [1.807, 2.05) is 12.1 Å². The third kappa shape index (κ3) is 4.62. The summed E-state index contributed by atoms with van der Waals surface area (Å²) < 4.78 is 20.6. The first-order valence-corrected chi connectivity index (χ1v) is 12.8. The van der Waals surface area contributed by atoms with Crippen LogP contribution in [0, 0.1) is 11.8 Å². The Morgan fingerprint density at radius 2 is 1.76 bits per heavy atom. The lowest BCUT2D eigenvalue weighted by Gasteiger charge is -2.37. The van der Waals surface area contributed by atoms with Gasteiger partial charge in [-0.05, 0) is 85.8 Å². The Morgan fingerprint density at radius 1 is 1.06 bits per heavy atom. The molecule has 2 unspecified atom stereocenters. The number of ether oxygens (including phenoxy) is 1. The summed E-state index contributed by atoms with van der Waals surface area (Å²) in [4.78, 5) is 14.0. The van der Waals surface area contributed by atoms with E-state index in [1.165, 1.54) is 24.8 Å². The zero-order valence-corrected chi connectivity index (χ0v) is 19.6. The Kier molecular flexibility index (Phi) is 6.60. The fourth-order valence-corrected chi connectivity index (χ4v) is 6.54. The molecule has 1 saturated carbocycles. The van der Waals surface area contributed by atoms with E-state index in [0.717, 1.165) is 61.8 Å². The van der Waals surface area contributed by atoms with Crippen molar-refractivity contribution in [2.45, 2.75) is 96.1 Å². The number of carboxylic acids is 1. The summed E-state index contributed by atoms with van der Waals surface area (Å²) in [6, 6.07) is 11.0. The van der Waals surface area contributed by atoms with Crippen LogP contribution in [-0.4, -0.2) is 34.2 Å². The lowest BCUT2D eigenvalue weighted by atomic mass is 9.86. The lowest BCUT2D eigenvalue weighted by Crippen LogP contribution is -2.44. The summed E-state index contributed by atoms with van der Waals surface area (Å²) in [7, 11) is 0. The molecule has 0 aromatic heterocycles. The minimum atomic E-state index is -0.652. The van der Waals surface area contributed by atoms with Crippen molar-refractivity contribution in [3.8, 4) is 5.75 Å². The van der Waals surface area contributed by atoms with Crippen molar-refractivity contribution in [3.63, 3.8) is 0 Å². The first-order chi connectivity index (χ1) is 16.1. The van der Waals surface area contributed by atoms with Crippen LogP contribution < -0.4 is 4.74 Å². The number of nitrogens with zero attached hydrogens (tertiary/aromatic N) is 1. The number of piperidine rings is 1. The Hall–Kier alpha value is -2.14. The highest BCUT2D eigenvalue weighted by Crippen LogP contribution is 2.40. The first-order valence-electron chi connectivity index (χ1n) is 12.8. The highest BCUT2D eigenvalue weighted by Gasteiger charge is 2.42. The van der Waals surface area contributed by atoms with Crippen molar-refractivity contribution in [3.05, 3.63) is 41.5 Å². The van der Waals surface area contributed by atoms with Gasteiger partial charge in [-0.2, -0.15) is 0 Å². The van der Waals surface area contributed by atoms with E-state index in [1.54, 1.807) is 0 Å². The average molecular weight is 454 g/mol. The van der Waals surface area contributed by atoms with Gasteiger partial charge in [0, 0.05) is 24.2 Å². The molecule has 2 aromatic carbocycles. The van der Waals surface area contributed by atoms with E-state index in [-0.39, 0.29) is 12.0 Å². The van der Waals surface area contributed by atoms with E-state index >= 15 is 0 Å². The minimum absolute atomic E-state index is 0.185. The Labute approximate surface area is 196 Å². The van der Waals surface area contributed by atoms with Crippen LogP contribution >= 0.6 is 0 Å². The van der Waals surface area contributed by atoms with Crippen LogP contribution in [0.3, 0.4) is 0 Å². The maximum atomic E-state index is 14.3. The van der Waals surface area contributed by atoms with E-state index in [9.17, 15) is 14.3 Å². The Morgan fingerprint density at radius 3 is 2.39 bits per heavy atom. The number of carboxylic acid groups (broad SMARTS) is 1. The maximum absolute atomic E-state index is 14.3. The molecule has 3 aliphatic rings. The molecule has 33 heavy (non-hydrogen) atoms. The van der Waals surface area contributed by atoms with Crippen LogP contribution in [0.25, 0.3) is 10.8 Å². The molecule has 2 aliphatic heterocycles. The highest BCUT2D eigenvalue weighted by molar-refractivity contribution is 5.88. The lowest BCUT2D eigenvalue weighted by molar-refractivity contribution is -0.144. The van der Waals surface area contributed by atoms with Gasteiger partial charge in [0.1, 0.15) is 12.4 Å². The number of benzene rings is 2. The first kappa shape index (κ1) is 22.6. The van der Waals surface area contributed by atoms with Crippen molar-refractivity contribution in [2.24, 2.45) is 11.8 Å². The molecule has 5 heteroatoms. The van der Waals surface area contributed by atoms with Crippen molar-refractivity contribution in [2.75, 3.05) is 0 Å². The van der Waals surface area contributed by atoms with Crippen LogP contribution in [-0.2, 0) is 18.0 Å². The fraction of sp³-hybridized carbons (Fsp3) is 0.607. The van der Waals surface area contributed by atoms with E-state index in [0.29, 0.717) is 23.4 Å². The van der Waals surface area contributed by atoms with Crippen LogP contribution in [0.1, 0.15) is 75.8 Å². The summed E-state index contributed by atoms with van der Waals surface area (Å²) in [5.41, 5.74) is 1.84. The number of hydrogen-bond donors (Lipinski definition) is 1. The molecule has 2 bridgehead atoms. The topological polar surface area (TPSA) is 49.8 Å². The maximum Gasteiger partial charge on any atom is 0.306 e. The number of hydrogen-bond acceptors (Lipinski definition) is 3. The quantitative estimate of drug-likeness (QED) is 0.521. The van der Waals surface area contributed by atoms with Gasteiger partial charge in [-0.25, -0.2) is 4.39 Å². The van der Waals surface area contributed by atoms with Gasteiger partial charge < -0.3 is 9.84 Å². The highest BCUT2D eigenvalue weighted by atomic mass is 19.1. The smallest absolute Gasteiger partial charge is 0.306 e. The number of rotatable bonds is 7. The van der Waals surface area contributed by atoms with E-state index in [4.69, 9.17) is 4.74 Å². The molecule has 2 aromatic rings. The number of fused-ring (bicyclic) bond motifs is 3. The fourth-order valence-electron chi connectivity index (χ4n) is 6.54. The van der Waals surface area contributed by atoms with Gasteiger partial charge in [-0.1, -0.05) is 31.5 Å². The largest absolute Gasteiger partial charge is 0.490 e. The van der Waals surface area contributed by atoms with Gasteiger partial charge >= 0.3 is 5.97 Å². The summed E-state index contributed by atoms with van der Waals surface area (Å²) in [6.07, 6.45) is 9.57. The van der Waals surface area contributed by atoms with Crippen molar-refractivity contribution >= 4 is 16.7 Å². The summed E-state index contributed by atoms with van der Waals surface area (Å²) >= 11 is 0. The van der Waals surface area contributed by atoms with Gasteiger partial charge in [0.05, 0.1) is 12.0 Å². The predicted octanol–water partition coefficient (Wildman–Crippen LogP) is 6.48. The van der Waals surface area contributed by atoms with Crippen molar-refractivity contribution in [1.82, 2.24) is 4.90 Å². The normalized spacial score (nSPS) is 29.9. The Balaban J connectivity index is 1.35. The molecule has 1 N–H and O–H groups in total. The molecule has 178 valence electrons. The molecule has 0 radical (unpaired) electrons. The molecule has 4 nitrogen and oxygen atoms in total. The minimum Gasteiger partial charge on any atom is -0.490 e. The molecule has 2 saturated heterocycles. The van der Waals surface area contributed by atoms with Gasteiger partial charge in [-0.3, -0.25) is 9.69 Å². The third-order valence-corrected chi connectivity index (χ3v) is 8.55. The summed E-state index contributed by atoms with van der Waals surface area (Å²) in [5, 5.41) is 11.4. The molecular formula is C28H36FNO3. The molecule has 3 fully saturated rings. The number of alkyl halides is 1. The monoisotopic (exact) mass is 453 g/mol. The van der Waals surface area contributed by atoms with Crippen LogP contribution in [0.2, 0.25) is 0 Å². The second kappa shape index (κ2) is 9.61. The summed E-state index contributed by atoms with van der Waals surface area (Å²) in [5.74, 6) is 0.645. The van der Waals surface area contributed by atoms with Crippen LogP contribution in [0.4, 0.5) is 4.39 Å². The van der Waals surface area contributed by atoms with Gasteiger partial charge in [-0.15, -0.1) is 0 Å².